The molecule has 0 saturated carbocycles. The number of thiazole rings is 1. The lowest BCUT2D eigenvalue weighted by Crippen LogP contribution is -3.00. The molecule has 3 aromatic rings. The number of rotatable bonds is 18. The summed E-state index contributed by atoms with van der Waals surface area (Å²) in [5.41, 5.74) is 5.85. The van der Waals surface area contributed by atoms with Crippen molar-refractivity contribution in [2.24, 2.45) is 0 Å². The molecule has 0 fully saturated rings. The molecule has 1 heterocycles. The van der Waals surface area contributed by atoms with Gasteiger partial charge < -0.3 is 27.0 Å². The molecule has 3 rings (SSSR count). The number of unbranched alkanes of at least 4 members (excludes halogenated alkanes) is 11. The van der Waals surface area contributed by atoms with E-state index in [1.54, 1.807) is 11.3 Å². The van der Waals surface area contributed by atoms with Crippen LogP contribution in [0.15, 0.2) is 59.4 Å². The second-order valence-corrected chi connectivity index (χ2v) is 10.7. The van der Waals surface area contributed by atoms with Crippen LogP contribution in [0.25, 0.3) is 0 Å². The summed E-state index contributed by atoms with van der Waals surface area (Å²) in [5, 5.41) is 5.23. The number of amides is 1. The highest BCUT2D eigenvalue weighted by molar-refractivity contribution is 7.07. The molecule has 0 atom stereocenters. The van der Waals surface area contributed by atoms with Crippen LogP contribution < -0.4 is 31.6 Å². The Morgan fingerprint density at radius 2 is 1.53 bits per heavy atom. The first-order valence-corrected chi connectivity index (χ1v) is 15.2. The van der Waals surface area contributed by atoms with Crippen molar-refractivity contribution in [1.29, 1.82) is 0 Å². The number of ether oxygens (including phenoxy) is 1. The average Bonchev–Trinajstić information content (AvgIpc) is 3.32. The zero-order valence-corrected chi connectivity index (χ0v) is 25.6. The molecule has 2 aromatic carbocycles. The molecule has 1 N–H and O–H groups in total. The van der Waals surface area contributed by atoms with E-state index in [-0.39, 0.29) is 22.9 Å². The summed E-state index contributed by atoms with van der Waals surface area (Å²) in [6.07, 6.45) is 16.0. The fourth-order valence-corrected chi connectivity index (χ4v) is 5.31. The Balaban J connectivity index is 0.00000507. The number of aryl methyl sites for hydroxylation is 1. The minimum atomic E-state index is -0.115. The van der Waals surface area contributed by atoms with Crippen molar-refractivity contribution in [3.8, 4) is 5.75 Å². The second kappa shape index (κ2) is 19.0. The Morgan fingerprint density at radius 3 is 2.18 bits per heavy atom. The van der Waals surface area contributed by atoms with E-state index in [0.29, 0.717) is 12.2 Å². The van der Waals surface area contributed by atoms with Gasteiger partial charge in [0.05, 0.1) is 17.7 Å². The van der Waals surface area contributed by atoms with E-state index in [1.807, 2.05) is 42.5 Å². The average molecular weight is 602 g/mol. The topological polar surface area (TPSA) is 42.2 Å². The first kappa shape index (κ1) is 32.0. The normalized spacial score (nSPS) is 10.7. The van der Waals surface area contributed by atoms with Crippen molar-refractivity contribution in [3.05, 3.63) is 76.2 Å². The van der Waals surface area contributed by atoms with Gasteiger partial charge in [-0.05, 0) is 30.7 Å². The maximum atomic E-state index is 13.0. The third kappa shape index (κ3) is 11.7. The third-order valence-corrected chi connectivity index (χ3v) is 7.70. The molecule has 4 nitrogen and oxygen atoms in total. The van der Waals surface area contributed by atoms with Crippen molar-refractivity contribution < 1.29 is 31.1 Å². The molecule has 208 valence electrons. The molecule has 0 aliphatic rings. The Morgan fingerprint density at radius 1 is 0.868 bits per heavy atom. The molecular formula is C32H45BrN2O2S. The van der Waals surface area contributed by atoms with Crippen molar-refractivity contribution in [1.82, 2.24) is 0 Å². The van der Waals surface area contributed by atoms with Gasteiger partial charge in [0.15, 0.2) is 12.2 Å². The van der Waals surface area contributed by atoms with Gasteiger partial charge in [-0.3, -0.25) is 4.79 Å². The van der Waals surface area contributed by atoms with Crippen LogP contribution in [-0.4, -0.2) is 12.5 Å². The van der Waals surface area contributed by atoms with E-state index < -0.39 is 0 Å². The number of aromatic nitrogens is 1. The molecular weight excluding hydrogens is 556 g/mol. The largest absolute Gasteiger partial charge is 1.00 e. The van der Waals surface area contributed by atoms with Gasteiger partial charge in [0, 0.05) is 18.1 Å². The number of carbonyl (C=O) groups is 1. The highest BCUT2D eigenvalue weighted by Gasteiger charge is 2.14. The van der Waals surface area contributed by atoms with Crippen LogP contribution in [-0.2, 0) is 6.54 Å². The van der Waals surface area contributed by atoms with Crippen LogP contribution in [0, 0.1) is 6.92 Å². The minimum absolute atomic E-state index is 0. The lowest BCUT2D eigenvalue weighted by molar-refractivity contribution is -0.689. The van der Waals surface area contributed by atoms with E-state index in [1.165, 1.54) is 76.3 Å². The first-order valence-electron chi connectivity index (χ1n) is 14.2. The molecule has 0 spiro atoms. The molecule has 0 aliphatic heterocycles. The van der Waals surface area contributed by atoms with Crippen LogP contribution in [0.2, 0.25) is 0 Å². The zero-order valence-electron chi connectivity index (χ0n) is 23.2. The van der Waals surface area contributed by atoms with Crippen LogP contribution >= 0.6 is 11.3 Å². The molecule has 0 bridgehead atoms. The summed E-state index contributed by atoms with van der Waals surface area (Å²) in [7, 11) is 0. The molecule has 0 unspecified atom stereocenters. The summed E-state index contributed by atoms with van der Waals surface area (Å²) in [4.78, 5) is 13.0. The van der Waals surface area contributed by atoms with Crippen LogP contribution in [0.5, 0.6) is 5.75 Å². The number of halogens is 1. The van der Waals surface area contributed by atoms with Gasteiger partial charge in [0.2, 0.25) is 5.51 Å². The molecule has 38 heavy (non-hydrogen) atoms. The van der Waals surface area contributed by atoms with Crippen molar-refractivity contribution in [3.63, 3.8) is 0 Å². The molecule has 1 aromatic heterocycles. The highest BCUT2D eigenvalue weighted by Crippen LogP contribution is 2.19. The number of hydrogen-bond acceptors (Lipinski definition) is 3. The van der Waals surface area contributed by atoms with E-state index in [2.05, 4.69) is 40.7 Å². The number of anilines is 1. The van der Waals surface area contributed by atoms with E-state index in [9.17, 15) is 4.79 Å². The fraction of sp³-hybridized carbons (Fsp3) is 0.500. The van der Waals surface area contributed by atoms with Crippen molar-refractivity contribution >= 4 is 22.9 Å². The Hall–Kier alpha value is -2.18. The molecule has 6 heteroatoms. The van der Waals surface area contributed by atoms with Crippen molar-refractivity contribution in [2.75, 3.05) is 11.9 Å². The monoisotopic (exact) mass is 600 g/mol. The van der Waals surface area contributed by atoms with Gasteiger partial charge in [0.1, 0.15) is 5.75 Å². The van der Waals surface area contributed by atoms with Gasteiger partial charge in [0.25, 0.3) is 5.91 Å². The minimum Gasteiger partial charge on any atom is -1.00 e. The van der Waals surface area contributed by atoms with Crippen LogP contribution in [0.4, 0.5) is 5.69 Å². The smallest absolute Gasteiger partial charge is 0.255 e. The van der Waals surface area contributed by atoms with E-state index in [0.717, 1.165) is 30.0 Å². The lowest BCUT2D eigenvalue weighted by Gasteiger charge is -2.11. The van der Waals surface area contributed by atoms with Crippen LogP contribution in [0.3, 0.4) is 0 Å². The number of para-hydroxylation sites is 1. The zero-order chi connectivity index (χ0) is 26.1. The summed E-state index contributed by atoms with van der Waals surface area (Å²) in [6, 6.07) is 15.5. The predicted octanol–water partition coefficient (Wildman–Crippen LogP) is 5.73. The number of nitrogens with one attached hydrogen (secondary N) is 1. The van der Waals surface area contributed by atoms with Gasteiger partial charge in [-0.15, -0.1) is 0 Å². The predicted molar refractivity (Wildman–Crippen MR) is 156 cm³/mol. The maximum Gasteiger partial charge on any atom is 0.255 e. The van der Waals surface area contributed by atoms with Gasteiger partial charge in [-0.2, -0.15) is 4.57 Å². The quantitative estimate of drug-likeness (QED) is 0.150. The molecule has 0 saturated heterocycles. The van der Waals surface area contributed by atoms with Crippen molar-refractivity contribution in [2.45, 2.75) is 97.4 Å². The Kier molecular flexibility index (Phi) is 16.0. The maximum absolute atomic E-state index is 13.0. The number of hydrogen-bond donors (Lipinski definition) is 1. The summed E-state index contributed by atoms with van der Waals surface area (Å²) < 4.78 is 8.16. The highest BCUT2D eigenvalue weighted by atomic mass is 79.9. The third-order valence-electron chi connectivity index (χ3n) is 6.85. The molecule has 1 amide bonds. The summed E-state index contributed by atoms with van der Waals surface area (Å²) in [6.45, 7) is 5.80. The molecule has 0 radical (unpaired) electrons. The van der Waals surface area contributed by atoms with Gasteiger partial charge >= 0.3 is 0 Å². The lowest BCUT2D eigenvalue weighted by atomic mass is 10.1. The number of carbonyl (C=O) groups excluding carboxylic acids is 1. The van der Waals surface area contributed by atoms with Gasteiger partial charge in [-0.1, -0.05) is 113 Å². The SMILES string of the molecule is CCCCCCCCCCCCCCOc1cccc(C(=O)Nc2ccccc2C[n+]2cscc2C)c1.[Br-]. The van der Waals surface area contributed by atoms with Crippen LogP contribution in [0.1, 0.15) is 106 Å². The van der Waals surface area contributed by atoms with Gasteiger partial charge in [-0.25, -0.2) is 0 Å². The summed E-state index contributed by atoms with van der Waals surface area (Å²) in [5.74, 6) is 0.642. The number of nitrogens with zero attached hydrogens (tertiary/aromatic N) is 1. The fourth-order valence-electron chi connectivity index (χ4n) is 4.53. The van der Waals surface area contributed by atoms with E-state index in [4.69, 9.17) is 4.74 Å². The van der Waals surface area contributed by atoms with E-state index >= 15 is 0 Å². The summed E-state index contributed by atoms with van der Waals surface area (Å²) >= 11 is 1.68. The Labute approximate surface area is 244 Å². The number of benzene rings is 2. The first-order chi connectivity index (χ1) is 18.2. The molecule has 0 aliphatic carbocycles. The standard InChI is InChI=1S/C32H44N2O2S.BrH/c1-3-4-5-6-7-8-9-10-11-12-13-16-22-36-30-20-17-19-28(23-30)32(35)33-31-21-15-14-18-29(31)24-34-26-37-25-27(34)2;/h14-15,17-21,23,25-26H,3-13,16,22,24H2,1-2H3;1H. The second-order valence-electron chi connectivity index (χ2n) is 10.0. The Bertz CT molecular complexity index is 1070.